The van der Waals surface area contributed by atoms with Crippen LogP contribution in [0.25, 0.3) is 0 Å². The first kappa shape index (κ1) is 14.9. The van der Waals surface area contributed by atoms with Crippen LogP contribution in [0.15, 0.2) is 24.3 Å². The molecule has 4 heteroatoms. The summed E-state index contributed by atoms with van der Waals surface area (Å²) in [7, 11) is 1.66. The van der Waals surface area contributed by atoms with E-state index in [0.717, 1.165) is 31.6 Å². The zero-order valence-electron chi connectivity index (χ0n) is 12.2. The first-order valence-corrected chi connectivity index (χ1v) is 7.23. The van der Waals surface area contributed by atoms with E-state index in [4.69, 9.17) is 9.84 Å². The molecular formula is C16H23NO3. The second kappa shape index (κ2) is 6.75. The average molecular weight is 277 g/mol. The Kier molecular flexibility index (Phi) is 5.01. The SMILES string of the molecule is COc1ccc(C(C)N2CCCCC2CC(=O)O)cc1. The van der Waals surface area contributed by atoms with Crippen molar-refractivity contribution in [1.29, 1.82) is 0 Å². The lowest BCUT2D eigenvalue weighted by Crippen LogP contribution is -2.42. The molecule has 1 aliphatic heterocycles. The maximum atomic E-state index is 11.0. The van der Waals surface area contributed by atoms with Gasteiger partial charge in [0.1, 0.15) is 5.75 Å². The van der Waals surface area contributed by atoms with Crippen molar-refractivity contribution in [3.05, 3.63) is 29.8 Å². The minimum atomic E-state index is -0.705. The molecule has 0 amide bonds. The summed E-state index contributed by atoms with van der Waals surface area (Å²) in [5.74, 6) is 0.144. The molecule has 2 atom stereocenters. The Labute approximate surface area is 120 Å². The van der Waals surface area contributed by atoms with E-state index in [0.29, 0.717) is 0 Å². The van der Waals surface area contributed by atoms with Crippen LogP contribution >= 0.6 is 0 Å². The molecule has 1 aliphatic rings. The molecule has 0 spiro atoms. The maximum Gasteiger partial charge on any atom is 0.304 e. The highest BCUT2D eigenvalue weighted by Gasteiger charge is 2.28. The lowest BCUT2D eigenvalue weighted by molar-refractivity contribution is -0.139. The molecule has 1 N–H and O–H groups in total. The number of rotatable bonds is 5. The Morgan fingerprint density at radius 1 is 1.40 bits per heavy atom. The number of methoxy groups -OCH3 is 1. The second-order valence-corrected chi connectivity index (χ2v) is 5.43. The fourth-order valence-electron chi connectivity index (χ4n) is 3.03. The number of carboxylic acid groups (broad SMARTS) is 1. The molecule has 0 aromatic heterocycles. The van der Waals surface area contributed by atoms with Crippen LogP contribution in [0.2, 0.25) is 0 Å². The van der Waals surface area contributed by atoms with Crippen LogP contribution in [0.3, 0.4) is 0 Å². The minimum Gasteiger partial charge on any atom is -0.497 e. The number of aliphatic carboxylic acids is 1. The lowest BCUT2D eigenvalue weighted by Gasteiger charge is -2.39. The van der Waals surface area contributed by atoms with Gasteiger partial charge in [0, 0.05) is 12.1 Å². The Morgan fingerprint density at radius 3 is 2.70 bits per heavy atom. The fraction of sp³-hybridized carbons (Fsp3) is 0.562. The Bertz CT molecular complexity index is 444. The molecule has 110 valence electrons. The number of hydrogen-bond donors (Lipinski definition) is 1. The van der Waals surface area contributed by atoms with Crippen molar-refractivity contribution in [2.75, 3.05) is 13.7 Å². The summed E-state index contributed by atoms with van der Waals surface area (Å²) in [4.78, 5) is 13.3. The lowest BCUT2D eigenvalue weighted by atomic mass is 9.95. The molecule has 1 heterocycles. The number of benzene rings is 1. The molecular weight excluding hydrogens is 254 g/mol. The van der Waals surface area contributed by atoms with Crippen LogP contribution in [-0.2, 0) is 4.79 Å². The number of piperidine rings is 1. The van der Waals surface area contributed by atoms with Crippen molar-refractivity contribution < 1.29 is 14.6 Å². The Morgan fingerprint density at radius 2 is 2.10 bits per heavy atom. The summed E-state index contributed by atoms with van der Waals surface area (Å²) in [6.45, 7) is 3.13. The van der Waals surface area contributed by atoms with Gasteiger partial charge in [-0.15, -0.1) is 0 Å². The predicted octanol–water partition coefficient (Wildman–Crippen LogP) is 3.09. The first-order valence-electron chi connectivity index (χ1n) is 7.23. The van der Waals surface area contributed by atoms with Gasteiger partial charge in [-0.3, -0.25) is 9.69 Å². The van der Waals surface area contributed by atoms with E-state index in [2.05, 4.69) is 24.0 Å². The fourth-order valence-corrected chi connectivity index (χ4v) is 3.03. The van der Waals surface area contributed by atoms with Crippen molar-refractivity contribution in [3.8, 4) is 5.75 Å². The molecule has 1 fully saturated rings. The quantitative estimate of drug-likeness (QED) is 0.898. The second-order valence-electron chi connectivity index (χ2n) is 5.43. The van der Waals surface area contributed by atoms with Crippen LogP contribution in [0.4, 0.5) is 0 Å². The van der Waals surface area contributed by atoms with Crippen molar-refractivity contribution in [1.82, 2.24) is 4.90 Å². The van der Waals surface area contributed by atoms with Gasteiger partial charge in [0.05, 0.1) is 13.5 Å². The molecule has 4 nitrogen and oxygen atoms in total. The summed E-state index contributed by atoms with van der Waals surface area (Å²) in [5.41, 5.74) is 1.21. The van der Waals surface area contributed by atoms with Gasteiger partial charge in [0.25, 0.3) is 0 Å². The molecule has 2 unspecified atom stereocenters. The molecule has 0 bridgehead atoms. The Hall–Kier alpha value is -1.55. The number of carbonyl (C=O) groups is 1. The molecule has 2 rings (SSSR count). The highest BCUT2D eigenvalue weighted by atomic mass is 16.5. The monoisotopic (exact) mass is 277 g/mol. The van der Waals surface area contributed by atoms with Crippen LogP contribution in [0.1, 0.15) is 44.2 Å². The molecule has 20 heavy (non-hydrogen) atoms. The van der Waals surface area contributed by atoms with E-state index in [1.165, 1.54) is 5.56 Å². The van der Waals surface area contributed by atoms with Crippen LogP contribution in [0, 0.1) is 0 Å². The molecule has 0 aliphatic carbocycles. The van der Waals surface area contributed by atoms with E-state index in [-0.39, 0.29) is 18.5 Å². The van der Waals surface area contributed by atoms with Gasteiger partial charge in [0.15, 0.2) is 0 Å². The van der Waals surface area contributed by atoms with Gasteiger partial charge < -0.3 is 9.84 Å². The summed E-state index contributed by atoms with van der Waals surface area (Å²) < 4.78 is 5.18. The zero-order valence-corrected chi connectivity index (χ0v) is 12.2. The van der Waals surface area contributed by atoms with Crippen molar-refractivity contribution in [3.63, 3.8) is 0 Å². The molecule has 1 aromatic carbocycles. The Balaban J connectivity index is 2.11. The standard InChI is InChI=1S/C16H23NO3/c1-12(13-6-8-15(20-2)9-7-13)17-10-4-3-5-14(17)11-16(18)19/h6-9,12,14H,3-5,10-11H2,1-2H3,(H,18,19). The summed E-state index contributed by atoms with van der Waals surface area (Å²) in [5, 5.41) is 9.06. The third-order valence-electron chi connectivity index (χ3n) is 4.18. The van der Waals surface area contributed by atoms with Gasteiger partial charge in [-0.2, -0.15) is 0 Å². The zero-order chi connectivity index (χ0) is 14.5. The van der Waals surface area contributed by atoms with Crippen LogP contribution < -0.4 is 4.74 Å². The van der Waals surface area contributed by atoms with E-state index in [1.807, 2.05) is 12.1 Å². The third-order valence-corrected chi connectivity index (χ3v) is 4.18. The highest BCUT2D eigenvalue weighted by Crippen LogP contribution is 2.30. The molecule has 0 radical (unpaired) electrons. The molecule has 1 aromatic rings. The molecule has 1 saturated heterocycles. The van der Waals surface area contributed by atoms with E-state index in [9.17, 15) is 4.79 Å². The minimum absolute atomic E-state index is 0.151. The van der Waals surface area contributed by atoms with Crippen molar-refractivity contribution in [2.24, 2.45) is 0 Å². The predicted molar refractivity (Wildman–Crippen MR) is 78.0 cm³/mol. The van der Waals surface area contributed by atoms with Crippen molar-refractivity contribution >= 4 is 5.97 Å². The largest absolute Gasteiger partial charge is 0.497 e. The number of likely N-dealkylation sites (tertiary alicyclic amines) is 1. The van der Waals surface area contributed by atoms with Gasteiger partial charge in [0.2, 0.25) is 0 Å². The van der Waals surface area contributed by atoms with E-state index < -0.39 is 5.97 Å². The number of carboxylic acids is 1. The van der Waals surface area contributed by atoms with Crippen molar-refractivity contribution in [2.45, 2.75) is 44.7 Å². The van der Waals surface area contributed by atoms with E-state index in [1.54, 1.807) is 7.11 Å². The molecule has 0 saturated carbocycles. The van der Waals surface area contributed by atoms with E-state index >= 15 is 0 Å². The number of ether oxygens (including phenoxy) is 1. The van der Waals surface area contributed by atoms with Gasteiger partial charge in [-0.1, -0.05) is 18.6 Å². The highest BCUT2D eigenvalue weighted by molar-refractivity contribution is 5.67. The topological polar surface area (TPSA) is 49.8 Å². The van der Waals surface area contributed by atoms with Gasteiger partial charge >= 0.3 is 5.97 Å². The third kappa shape index (κ3) is 3.51. The van der Waals surface area contributed by atoms with Crippen LogP contribution in [0.5, 0.6) is 5.75 Å². The number of nitrogens with zero attached hydrogens (tertiary/aromatic N) is 1. The number of hydrogen-bond acceptors (Lipinski definition) is 3. The summed E-state index contributed by atoms with van der Waals surface area (Å²) >= 11 is 0. The van der Waals surface area contributed by atoms with Crippen LogP contribution in [-0.4, -0.2) is 35.7 Å². The average Bonchev–Trinajstić information content (AvgIpc) is 2.46. The maximum absolute atomic E-state index is 11.0. The smallest absolute Gasteiger partial charge is 0.304 e. The first-order chi connectivity index (χ1) is 9.61. The summed E-state index contributed by atoms with van der Waals surface area (Å²) in [6.07, 6.45) is 3.49. The van der Waals surface area contributed by atoms with Gasteiger partial charge in [-0.05, 0) is 44.0 Å². The summed E-state index contributed by atoms with van der Waals surface area (Å²) in [6, 6.07) is 8.44. The normalized spacial score (nSPS) is 21.4. The van der Waals surface area contributed by atoms with Gasteiger partial charge in [-0.25, -0.2) is 0 Å².